The lowest BCUT2D eigenvalue weighted by atomic mass is 10.2. The normalized spacial score (nSPS) is 11.4. The zero-order chi connectivity index (χ0) is 22.9. The van der Waals surface area contributed by atoms with Crippen LogP contribution < -0.4 is 15.5 Å². The minimum absolute atomic E-state index is 0.0391. The highest BCUT2D eigenvalue weighted by Gasteiger charge is 2.15. The fourth-order valence-corrected chi connectivity index (χ4v) is 3.49. The second-order valence-corrected chi connectivity index (χ2v) is 7.76. The molecule has 0 radical (unpaired) electrons. The predicted octanol–water partition coefficient (Wildman–Crippen LogP) is 4.43. The van der Waals surface area contributed by atoms with E-state index in [1.165, 1.54) is 23.6 Å². The molecule has 3 rings (SSSR count). The number of nitrogens with one attached hydrogen (secondary N) is 2. The summed E-state index contributed by atoms with van der Waals surface area (Å²) in [6.07, 6.45) is 2.93. The molecular formula is C23H20ClN3O4S. The molecule has 0 aliphatic heterocycles. The van der Waals surface area contributed by atoms with E-state index in [2.05, 4.69) is 15.8 Å². The van der Waals surface area contributed by atoms with Crippen molar-refractivity contribution in [1.29, 1.82) is 0 Å². The minimum Gasteiger partial charge on any atom is -0.503 e. The van der Waals surface area contributed by atoms with Crippen LogP contribution in [0.2, 0.25) is 5.02 Å². The lowest BCUT2D eigenvalue weighted by molar-refractivity contribution is -0.117. The quantitative estimate of drug-likeness (QED) is 0.258. The van der Waals surface area contributed by atoms with Gasteiger partial charge in [0.1, 0.15) is 5.70 Å². The summed E-state index contributed by atoms with van der Waals surface area (Å²) in [6.45, 7) is 2.12. The molecule has 32 heavy (non-hydrogen) atoms. The second-order valence-electron chi connectivity index (χ2n) is 6.38. The van der Waals surface area contributed by atoms with Gasteiger partial charge >= 0.3 is 0 Å². The van der Waals surface area contributed by atoms with Gasteiger partial charge in [-0.3, -0.25) is 9.59 Å². The van der Waals surface area contributed by atoms with Crippen LogP contribution in [0.4, 0.5) is 0 Å². The number of benzene rings is 2. The van der Waals surface area contributed by atoms with Crippen molar-refractivity contribution in [3.8, 4) is 11.5 Å². The van der Waals surface area contributed by atoms with Gasteiger partial charge in [0.25, 0.3) is 11.8 Å². The molecule has 3 aromatic rings. The molecule has 164 valence electrons. The van der Waals surface area contributed by atoms with Gasteiger partial charge in [-0.05, 0) is 54.3 Å². The smallest absolute Gasteiger partial charge is 0.287 e. The van der Waals surface area contributed by atoms with E-state index in [-0.39, 0.29) is 22.2 Å². The van der Waals surface area contributed by atoms with E-state index in [0.29, 0.717) is 17.7 Å². The van der Waals surface area contributed by atoms with Gasteiger partial charge in [0, 0.05) is 10.4 Å². The number of thiophene rings is 1. The van der Waals surface area contributed by atoms with Crippen LogP contribution >= 0.6 is 22.9 Å². The average molecular weight is 470 g/mol. The summed E-state index contributed by atoms with van der Waals surface area (Å²) in [7, 11) is 0. The number of ether oxygens (including phenoxy) is 1. The molecule has 0 bridgehead atoms. The van der Waals surface area contributed by atoms with E-state index < -0.39 is 11.8 Å². The summed E-state index contributed by atoms with van der Waals surface area (Å²) in [5, 5.41) is 18.4. The van der Waals surface area contributed by atoms with Crippen molar-refractivity contribution in [1.82, 2.24) is 10.7 Å². The first kappa shape index (κ1) is 23.1. The number of phenols is 1. The number of nitrogens with zero attached hydrogens (tertiary/aromatic N) is 1. The molecule has 1 heterocycles. The fourth-order valence-electron chi connectivity index (χ4n) is 2.62. The third-order valence-electron chi connectivity index (χ3n) is 4.09. The molecular weight excluding hydrogens is 450 g/mol. The van der Waals surface area contributed by atoms with Crippen LogP contribution in [0.1, 0.15) is 27.7 Å². The van der Waals surface area contributed by atoms with Crippen molar-refractivity contribution < 1.29 is 19.4 Å². The summed E-state index contributed by atoms with van der Waals surface area (Å²) in [4.78, 5) is 26.0. The molecule has 0 saturated carbocycles. The molecule has 0 saturated heterocycles. The maximum Gasteiger partial charge on any atom is 0.287 e. The molecule has 3 N–H and O–H groups in total. The Kier molecular flexibility index (Phi) is 8.02. The third-order valence-corrected chi connectivity index (χ3v) is 5.20. The first-order valence-corrected chi connectivity index (χ1v) is 10.8. The first-order chi connectivity index (χ1) is 15.5. The van der Waals surface area contributed by atoms with Crippen LogP contribution in [0.3, 0.4) is 0 Å². The molecule has 0 fully saturated rings. The highest BCUT2D eigenvalue weighted by atomic mass is 35.5. The lowest BCUT2D eigenvalue weighted by Crippen LogP contribution is -2.32. The third kappa shape index (κ3) is 6.19. The van der Waals surface area contributed by atoms with Gasteiger partial charge in [-0.1, -0.05) is 35.9 Å². The highest BCUT2D eigenvalue weighted by molar-refractivity contribution is 7.10. The van der Waals surface area contributed by atoms with E-state index in [9.17, 15) is 14.7 Å². The van der Waals surface area contributed by atoms with Crippen LogP contribution in [-0.2, 0) is 4.79 Å². The number of hydrazone groups is 1. The standard InChI is InChI=1S/C23H20ClN3O4S/c1-2-31-20-12-15(11-18(24)21(20)28)14-25-27-23(30)19(13-17-9-6-10-32-17)26-22(29)16-7-4-3-5-8-16/h3-14,28H,2H2,1H3,(H,26,29)(H,27,30)/b19-13-,25-14+. The highest BCUT2D eigenvalue weighted by Crippen LogP contribution is 2.34. The van der Waals surface area contributed by atoms with E-state index in [0.717, 1.165) is 4.88 Å². The van der Waals surface area contributed by atoms with Crippen molar-refractivity contribution in [2.75, 3.05) is 6.61 Å². The van der Waals surface area contributed by atoms with Gasteiger partial charge in [0.2, 0.25) is 0 Å². The topological polar surface area (TPSA) is 100 Å². The lowest BCUT2D eigenvalue weighted by Gasteiger charge is -2.09. The van der Waals surface area contributed by atoms with Crippen molar-refractivity contribution in [3.05, 3.63) is 86.7 Å². The number of rotatable bonds is 8. The maximum atomic E-state index is 12.7. The molecule has 1 aromatic heterocycles. The summed E-state index contributed by atoms with van der Waals surface area (Å²) in [5.74, 6) is -0.978. The monoisotopic (exact) mass is 469 g/mol. The number of phenolic OH excluding ortho intramolecular Hbond substituents is 1. The van der Waals surface area contributed by atoms with Crippen LogP contribution in [0.5, 0.6) is 11.5 Å². The Balaban J connectivity index is 1.76. The number of carbonyl (C=O) groups is 2. The zero-order valence-corrected chi connectivity index (χ0v) is 18.6. The Morgan fingerprint density at radius 1 is 1.19 bits per heavy atom. The molecule has 0 spiro atoms. The van der Waals surface area contributed by atoms with Crippen molar-refractivity contribution >= 4 is 47.0 Å². The Morgan fingerprint density at radius 3 is 2.66 bits per heavy atom. The molecule has 0 aliphatic rings. The van der Waals surface area contributed by atoms with Crippen LogP contribution in [0.25, 0.3) is 6.08 Å². The molecule has 0 aliphatic carbocycles. The Bertz CT molecular complexity index is 1150. The fraction of sp³-hybridized carbons (Fsp3) is 0.0870. The summed E-state index contributed by atoms with van der Waals surface area (Å²) >= 11 is 7.43. The molecule has 7 nitrogen and oxygen atoms in total. The van der Waals surface area contributed by atoms with E-state index in [1.54, 1.807) is 49.4 Å². The maximum absolute atomic E-state index is 12.7. The summed E-state index contributed by atoms with van der Waals surface area (Å²) in [6, 6.07) is 15.3. The van der Waals surface area contributed by atoms with E-state index >= 15 is 0 Å². The Labute approximate surface area is 194 Å². The average Bonchev–Trinajstić information content (AvgIpc) is 3.30. The van der Waals surface area contributed by atoms with Gasteiger partial charge in [-0.15, -0.1) is 11.3 Å². The number of amides is 2. The van der Waals surface area contributed by atoms with Crippen LogP contribution in [0, 0.1) is 0 Å². The summed E-state index contributed by atoms with van der Waals surface area (Å²) < 4.78 is 5.33. The Hall–Kier alpha value is -3.62. The number of hydrogen-bond acceptors (Lipinski definition) is 6. The minimum atomic E-state index is -0.603. The van der Waals surface area contributed by atoms with Crippen LogP contribution in [-0.4, -0.2) is 29.7 Å². The largest absolute Gasteiger partial charge is 0.503 e. The molecule has 2 amide bonds. The molecule has 2 aromatic carbocycles. The van der Waals surface area contributed by atoms with Crippen molar-refractivity contribution in [3.63, 3.8) is 0 Å². The van der Waals surface area contributed by atoms with Gasteiger partial charge in [0.15, 0.2) is 11.5 Å². The molecule has 0 atom stereocenters. The number of aromatic hydroxyl groups is 1. The second kappa shape index (κ2) is 11.1. The zero-order valence-electron chi connectivity index (χ0n) is 17.0. The first-order valence-electron chi connectivity index (χ1n) is 9.58. The van der Waals surface area contributed by atoms with E-state index in [4.69, 9.17) is 16.3 Å². The predicted molar refractivity (Wildman–Crippen MR) is 126 cm³/mol. The van der Waals surface area contributed by atoms with Crippen molar-refractivity contribution in [2.45, 2.75) is 6.92 Å². The van der Waals surface area contributed by atoms with E-state index in [1.807, 2.05) is 17.5 Å². The Morgan fingerprint density at radius 2 is 1.97 bits per heavy atom. The van der Waals surface area contributed by atoms with Gasteiger partial charge in [0.05, 0.1) is 17.8 Å². The SMILES string of the molecule is CCOc1cc(/C=N/NC(=O)/C(=C/c2cccs2)NC(=O)c2ccccc2)cc(Cl)c1O. The molecule has 9 heteroatoms. The van der Waals surface area contributed by atoms with Crippen molar-refractivity contribution in [2.24, 2.45) is 5.10 Å². The number of halogens is 1. The van der Waals surface area contributed by atoms with Gasteiger partial charge in [-0.25, -0.2) is 5.43 Å². The van der Waals surface area contributed by atoms with Crippen LogP contribution in [0.15, 0.2) is 70.8 Å². The summed E-state index contributed by atoms with van der Waals surface area (Å²) in [5.41, 5.74) is 3.36. The number of carbonyl (C=O) groups excluding carboxylic acids is 2. The van der Waals surface area contributed by atoms with Gasteiger partial charge < -0.3 is 15.2 Å². The van der Waals surface area contributed by atoms with Gasteiger partial charge in [-0.2, -0.15) is 5.10 Å². The molecule has 0 unspecified atom stereocenters. The number of hydrogen-bond donors (Lipinski definition) is 3.